The molecule has 0 aromatic carbocycles. The van der Waals surface area contributed by atoms with Gasteiger partial charge in [-0.1, -0.05) is 12.8 Å². The van der Waals surface area contributed by atoms with Crippen molar-refractivity contribution in [2.75, 3.05) is 39.8 Å². The van der Waals surface area contributed by atoms with Crippen LogP contribution in [0.3, 0.4) is 0 Å². The van der Waals surface area contributed by atoms with E-state index >= 15 is 0 Å². The summed E-state index contributed by atoms with van der Waals surface area (Å²) in [6.07, 6.45) is 4.50. The Labute approximate surface area is 98.4 Å². The fraction of sp³-hybridized carbons (Fsp3) is 1.00. The Balaban J connectivity index is 1.55. The number of hydrogen-bond acceptors (Lipinski definition) is 3. The summed E-state index contributed by atoms with van der Waals surface area (Å²) in [6, 6.07) is 0. The predicted molar refractivity (Wildman–Crippen MR) is 64.3 cm³/mol. The number of aliphatic hydroxyl groups is 1. The van der Waals surface area contributed by atoms with Gasteiger partial charge in [0.15, 0.2) is 0 Å². The molecule has 0 bridgehead atoms. The van der Waals surface area contributed by atoms with Crippen molar-refractivity contribution in [3.05, 3.63) is 0 Å². The summed E-state index contributed by atoms with van der Waals surface area (Å²) < 4.78 is 0. The van der Waals surface area contributed by atoms with Gasteiger partial charge in [-0.05, 0) is 31.7 Å². The molecule has 0 aromatic heterocycles. The van der Waals surface area contributed by atoms with Crippen molar-refractivity contribution in [2.24, 2.45) is 11.8 Å². The molecule has 1 aliphatic carbocycles. The van der Waals surface area contributed by atoms with Gasteiger partial charge < -0.3 is 10.0 Å². The lowest BCUT2D eigenvalue weighted by Crippen LogP contribution is -2.41. The van der Waals surface area contributed by atoms with Crippen LogP contribution in [0.1, 0.15) is 25.7 Å². The second kappa shape index (κ2) is 3.97. The number of β-amino-alcohol motifs (C(OH)–C–C–N with tert-alkyl or cyclic N) is 1. The minimum Gasteiger partial charge on any atom is -0.389 e. The largest absolute Gasteiger partial charge is 0.389 e. The fourth-order valence-electron chi connectivity index (χ4n) is 4.06. The molecule has 1 saturated carbocycles. The molecule has 2 saturated heterocycles. The maximum Gasteiger partial charge on any atom is 0.0774 e. The van der Waals surface area contributed by atoms with Crippen molar-refractivity contribution in [1.29, 1.82) is 0 Å². The Kier molecular flexibility index (Phi) is 2.73. The number of likely N-dealkylation sites (tertiary alicyclic amines) is 2. The Hall–Kier alpha value is -0.120. The van der Waals surface area contributed by atoms with Crippen molar-refractivity contribution < 1.29 is 5.11 Å². The summed E-state index contributed by atoms with van der Waals surface area (Å²) in [5, 5.41) is 10.4. The lowest BCUT2D eigenvalue weighted by atomic mass is 10.0. The van der Waals surface area contributed by atoms with Crippen LogP contribution in [0.4, 0.5) is 0 Å². The molecule has 0 radical (unpaired) electrons. The molecule has 3 nitrogen and oxygen atoms in total. The first-order valence-corrected chi connectivity index (χ1v) is 6.78. The second-order valence-electron chi connectivity index (χ2n) is 6.37. The van der Waals surface area contributed by atoms with Gasteiger partial charge in [-0.3, -0.25) is 4.90 Å². The van der Waals surface area contributed by atoms with Crippen LogP contribution < -0.4 is 0 Å². The SMILES string of the molecule is CN1CC2CN(CC3(O)CCCC3)CC2C1. The molecule has 1 N–H and O–H groups in total. The third-order valence-electron chi connectivity index (χ3n) is 4.80. The van der Waals surface area contributed by atoms with Gasteiger partial charge >= 0.3 is 0 Å². The molecule has 3 heteroatoms. The molecule has 3 rings (SSSR count). The van der Waals surface area contributed by atoms with Crippen molar-refractivity contribution in [1.82, 2.24) is 9.80 Å². The number of nitrogens with zero attached hydrogens (tertiary/aromatic N) is 2. The van der Waals surface area contributed by atoms with E-state index in [0.29, 0.717) is 0 Å². The highest BCUT2D eigenvalue weighted by atomic mass is 16.3. The molecule has 16 heavy (non-hydrogen) atoms. The molecule has 2 aliphatic heterocycles. The van der Waals surface area contributed by atoms with Crippen LogP contribution in [0.15, 0.2) is 0 Å². The van der Waals surface area contributed by atoms with Crippen LogP contribution >= 0.6 is 0 Å². The van der Waals surface area contributed by atoms with Crippen LogP contribution in [0.25, 0.3) is 0 Å². The Morgan fingerprint density at radius 3 is 2.19 bits per heavy atom. The number of rotatable bonds is 2. The van der Waals surface area contributed by atoms with E-state index in [9.17, 15) is 5.11 Å². The highest BCUT2D eigenvalue weighted by molar-refractivity contribution is 4.95. The normalized spacial score (nSPS) is 39.4. The molecule has 2 atom stereocenters. The van der Waals surface area contributed by atoms with Crippen LogP contribution in [0.5, 0.6) is 0 Å². The van der Waals surface area contributed by atoms with Gasteiger partial charge in [0.25, 0.3) is 0 Å². The summed E-state index contributed by atoms with van der Waals surface area (Å²) in [4.78, 5) is 4.98. The van der Waals surface area contributed by atoms with E-state index in [2.05, 4.69) is 16.8 Å². The average molecular weight is 224 g/mol. The summed E-state index contributed by atoms with van der Waals surface area (Å²) >= 11 is 0. The zero-order chi connectivity index (χ0) is 11.2. The van der Waals surface area contributed by atoms with E-state index in [1.54, 1.807) is 0 Å². The molecule has 2 unspecified atom stereocenters. The zero-order valence-corrected chi connectivity index (χ0v) is 10.4. The Morgan fingerprint density at radius 1 is 1.06 bits per heavy atom. The summed E-state index contributed by atoms with van der Waals surface area (Å²) in [5.74, 6) is 1.74. The summed E-state index contributed by atoms with van der Waals surface area (Å²) in [6.45, 7) is 5.90. The maximum absolute atomic E-state index is 10.4. The van der Waals surface area contributed by atoms with Gasteiger partial charge in [0.05, 0.1) is 5.60 Å². The molecule has 92 valence electrons. The van der Waals surface area contributed by atoms with E-state index in [0.717, 1.165) is 31.2 Å². The zero-order valence-electron chi connectivity index (χ0n) is 10.4. The summed E-state index contributed by atoms with van der Waals surface area (Å²) in [7, 11) is 2.23. The van der Waals surface area contributed by atoms with E-state index in [-0.39, 0.29) is 5.60 Å². The monoisotopic (exact) mass is 224 g/mol. The predicted octanol–water partition coefficient (Wildman–Crippen LogP) is 0.785. The lowest BCUT2D eigenvalue weighted by Gasteiger charge is -2.29. The molecule has 0 amide bonds. The van der Waals surface area contributed by atoms with Gasteiger partial charge in [-0.25, -0.2) is 0 Å². The average Bonchev–Trinajstić information content (AvgIpc) is 2.81. The van der Waals surface area contributed by atoms with Gasteiger partial charge in [-0.2, -0.15) is 0 Å². The van der Waals surface area contributed by atoms with Gasteiger partial charge in [0.2, 0.25) is 0 Å². The first-order valence-electron chi connectivity index (χ1n) is 6.78. The third-order valence-corrected chi connectivity index (χ3v) is 4.80. The third kappa shape index (κ3) is 2.01. The Bertz CT molecular complexity index is 249. The smallest absolute Gasteiger partial charge is 0.0774 e. The standard InChI is InChI=1S/C13H24N2O/c1-14-6-11-8-15(9-12(11)7-14)10-13(16)4-2-3-5-13/h11-12,16H,2-10H2,1H3. The maximum atomic E-state index is 10.4. The first kappa shape index (κ1) is 11.0. The van der Waals surface area contributed by atoms with Crippen LogP contribution in [-0.2, 0) is 0 Å². The quantitative estimate of drug-likeness (QED) is 0.751. The van der Waals surface area contributed by atoms with Crippen molar-refractivity contribution in [3.8, 4) is 0 Å². The molecule has 3 fully saturated rings. The van der Waals surface area contributed by atoms with Crippen molar-refractivity contribution in [2.45, 2.75) is 31.3 Å². The highest BCUT2D eigenvalue weighted by Gasteiger charge is 2.41. The number of hydrogen-bond donors (Lipinski definition) is 1. The van der Waals surface area contributed by atoms with E-state index < -0.39 is 0 Å². The van der Waals surface area contributed by atoms with Crippen LogP contribution in [0.2, 0.25) is 0 Å². The Morgan fingerprint density at radius 2 is 1.62 bits per heavy atom. The minimum absolute atomic E-state index is 0.343. The van der Waals surface area contributed by atoms with E-state index in [1.807, 2.05) is 0 Å². The van der Waals surface area contributed by atoms with Crippen LogP contribution in [-0.4, -0.2) is 60.3 Å². The lowest BCUT2D eigenvalue weighted by molar-refractivity contribution is 0.0132. The topological polar surface area (TPSA) is 26.7 Å². The van der Waals surface area contributed by atoms with Crippen LogP contribution in [0, 0.1) is 11.8 Å². The molecule has 0 spiro atoms. The molecule has 0 aromatic rings. The minimum atomic E-state index is -0.343. The highest BCUT2D eigenvalue weighted by Crippen LogP contribution is 2.35. The van der Waals surface area contributed by atoms with Crippen molar-refractivity contribution >= 4 is 0 Å². The first-order chi connectivity index (χ1) is 7.65. The van der Waals surface area contributed by atoms with E-state index in [4.69, 9.17) is 0 Å². The molecule has 2 heterocycles. The van der Waals surface area contributed by atoms with Gasteiger partial charge in [0, 0.05) is 32.7 Å². The number of fused-ring (bicyclic) bond motifs is 1. The van der Waals surface area contributed by atoms with Crippen molar-refractivity contribution in [3.63, 3.8) is 0 Å². The summed E-state index contributed by atoms with van der Waals surface area (Å²) in [5.41, 5.74) is -0.343. The second-order valence-corrected chi connectivity index (χ2v) is 6.37. The van der Waals surface area contributed by atoms with Gasteiger partial charge in [0.1, 0.15) is 0 Å². The molecule has 3 aliphatic rings. The molecular weight excluding hydrogens is 200 g/mol. The fourth-order valence-corrected chi connectivity index (χ4v) is 4.06. The molecular formula is C13H24N2O. The van der Waals surface area contributed by atoms with E-state index in [1.165, 1.54) is 39.0 Å². The van der Waals surface area contributed by atoms with Gasteiger partial charge in [-0.15, -0.1) is 0 Å².